The van der Waals surface area contributed by atoms with E-state index in [2.05, 4.69) is 43.7 Å². The molecule has 0 bridgehead atoms. The Balaban J connectivity index is 1.80. The van der Waals surface area contributed by atoms with Crippen molar-refractivity contribution < 1.29 is 19.4 Å². The van der Waals surface area contributed by atoms with Crippen LogP contribution in [0.1, 0.15) is 18.9 Å². The standard InChI is InChI=1S/C22H22Br2O4/c1-2-27-20(21(25)26)15-17-8-10-19(11-9-17)28-14-5-3-4-12-22(24)13-6-7-18(23)16-22/h3,5-11,13,20H,2,14-16H2,1H3,(H,25,26)/t20-,22?/m0/s1. The Labute approximate surface area is 182 Å². The minimum atomic E-state index is -0.953. The summed E-state index contributed by atoms with van der Waals surface area (Å²) in [5.74, 6) is 5.97. The van der Waals surface area contributed by atoms with E-state index in [-0.39, 0.29) is 4.32 Å². The molecule has 0 amide bonds. The number of halogens is 2. The summed E-state index contributed by atoms with van der Waals surface area (Å²) in [6, 6.07) is 7.35. The lowest BCUT2D eigenvalue weighted by Crippen LogP contribution is -2.26. The summed E-state index contributed by atoms with van der Waals surface area (Å²) in [6.45, 7) is 2.55. The van der Waals surface area contributed by atoms with Gasteiger partial charge in [0.25, 0.3) is 0 Å². The molecule has 0 saturated heterocycles. The first-order valence-corrected chi connectivity index (χ1v) is 10.5. The number of ether oxygens (including phenoxy) is 2. The monoisotopic (exact) mass is 508 g/mol. The van der Waals surface area contributed by atoms with Crippen LogP contribution in [0.2, 0.25) is 0 Å². The fourth-order valence-electron chi connectivity index (χ4n) is 2.52. The Morgan fingerprint density at radius 3 is 2.79 bits per heavy atom. The fraction of sp³-hybridized carbons (Fsp3) is 0.318. The molecule has 0 heterocycles. The first-order valence-electron chi connectivity index (χ1n) is 8.88. The van der Waals surface area contributed by atoms with E-state index >= 15 is 0 Å². The number of carboxylic acids is 1. The molecule has 4 nitrogen and oxygen atoms in total. The molecule has 1 aliphatic carbocycles. The molecule has 148 valence electrons. The highest BCUT2D eigenvalue weighted by Crippen LogP contribution is 2.33. The van der Waals surface area contributed by atoms with Gasteiger partial charge in [-0.1, -0.05) is 74.1 Å². The van der Waals surface area contributed by atoms with Crippen LogP contribution in [0.4, 0.5) is 0 Å². The minimum absolute atomic E-state index is 0.326. The smallest absolute Gasteiger partial charge is 0.333 e. The maximum Gasteiger partial charge on any atom is 0.333 e. The molecule has 1 unspecified atom stereocenters. The van der Waals surface area contributed by atoms with Gasteiger partial charge in [-0.25, -0.2) is 4.79 Å². The van der Waals surface area contributed by atoms with Crippen LogP contribution in [0, 0.1) is 11.8 Å². The SMILES string of the molecule is CCO[C@@H](Cc1ccc(OCC=CC#CC2(Br)C=CC=C(Br)C2)cc1)C(=O)O. The molecule has 0 aromatic heterocycles. The quantitative estimate of drug-likeness (QED) is 0.394. The average molecular weight is 510 g/mol. The Hall–Kier alpha value is -1.81. The van der Waals surface area contributed by atoms with Crippen molar-refractivity contribution in [3.05, 3.63) is 64.7 Å². The summed E-state index contributed by atoms with van der Waals surface area (Å²) in [6.07, 6.45) is 9.92. The number of alkyl halides is 1. The Morgan fingerprint density at radius 2 is 2.14 bits per heavy atom. The molecule has 0 spiro atoms. The molecule has 1 N–H and O–H groups in total. The topological polar surface area (TPSA) is 55.8 Å². The zero-order valence-corrected chi connectivity index (χ0v) is 18.7. The third kappa shape index (κ3) is 7.67. The van der Waals surface area contributed by atoms with Crippen molar-refractivity contribution in [2.45, 2.75) is 30.2 Å². The number of carbonyl (C=O) groups is 1. The summed E-state index contributed by atoms with van der Waals surface area (Å²) >= 11 is 7.14. The van der Waals surface area contributed by atoms with Gasteiger partial charge >= 0.3 is 5.97 Å². The molecule has 0 radical (unpaired) electrons. The molecular weight excluding hydrogens is 488 g/mol. The van der Waals surface area contributed by atoms with Crippen molar-refractivity contribution in [2.75, 3.05) is 13.2 Å². The fourth-order valence-corrected chi connectivity index (χ4v) is 4.06. The summed E-state index contributed by atoms with van der Waals surface area (Å²) < 4.78 is 11.6. The molecule has 28 heavy (non-hydrogen) atoms. The third-order valence-corrected chi connectivity index (χ3v) is 5.17. The predicted octanol–water partition coefficient (Wildman–Crippen LogP) is 5.03. The van der Waals surface area contributed by atoms with Crippen LogP contribution < -0.4 is 4.74 Å². The zero-order chi connectivity index (χ0) is 20.4. The Bertz CT molecular complexity index is 815. The normalized spacial score (nSPS) is 19.6. The molecule has 2 atom stereocenters. The van der Waals surface area contributed by atoms with Crippen LogP contribution in [0.15, 0.2) is 59.1 Å². The average Bonchev–Trinajstić information content (AvgIpc) is 2.65. The van der Waals surface area contributed by atoms with E-state index in [0.29, 0.717) is 25.4 Å². The first kappa shape index (κ1) is 22.5. The van der Waals surface area contributed by atoms with E-state index in [1.54, 1.807) is 13.0 Å². The summed E-state index contributed by atoms with van der Waals surface area (Å²) in [7, 11) is 0. The third-order valence-electron chi connectivity index (χ3n) is 3.88. The largest absolute Gasteiger partial charge is 0.490 e. The lowest BCUT2D eigenvalue weighted by molar-refractivity contribution is -0.149. The molecular formula is C22H22Br2O4. The van der Waals surface area contributed by atoms with Crippen LogP contribution in [0.3, 0.4) is 0 Å². The van der Waals surface area contributed by atoms with E-state index < -0.39 is 12.1 Å². The van der Waals surface area contributed by atoms with Gasteiger partial charge in [-0.2, -0.15) is 0 Å². The lowest BCUT2D eigenvalue weighted by atomic mass is 10.0. The van der Waals surface area contributed by atoms with Gasteiger partial charge in [0, 0.05) is 19.4 Å². The molecule has 0 saturated carbocycles. The Kier molecular flexibility index (Phi) is 9.04. The molecule has 1 aromatic rings. The number of carboxylic acid groups (broad SMARTS) is 1. The van der Waals surface area contributed by atoms with Crippen LogP contribution in [0.25, 0.3) is 0 Å². The van der Waals surface area contributed by atoms with Gasteiger partial charge in [-0.3, -0.25) is 0 Å². The number of benzene rings is 1. The highest BCUT2D eigenvalue weighted by molar-refractivity contribution is 9.12. The van der Waals surface area contributed by atoms with Gasteiger partial charge in [0.05, 0.1) is 0 Å². The summed E-state index contributed by atoms with van der Waals surface area (Å²) in [4.78, 5) is 11.1. The van der Waals surface area contributed by atoms with Gasteiger partial charge in [0.1, 0.15) is 16.7 Å². The van der Waals surface area contributed by atoms with E-state index in [4.69, 9.17) is 14.6 Å². The van der Waals surface area contributed by atoms with Crippen LogP contribution in [0.5, 0.6) is 5.75 Å². The summed E-state index contributed by atoms with van der Waals surface area (Å²) in [5, 5.41) is 9.14. The summed E-state index contributed by atoms with van der Waals surface area (Å²) in [5.41, 5.74) is 0.887. The van der Waals surface area contributed by atoms with Crippen LogP contribution >= 0.6 is 31.9 Å². The van der Waals surface area contributed by atoms with Crippen LogP contribution in [-0.4, -0.2) is 34.7 Å². The van der Waals surface area contributed by atoms with Gasteiger partial charge in [0.2, 0.25) is 0 Å². The first-order chi connectivity index (χ1) is 13.4. The molecule has 1 aromatic carbocycles. The van der Waals surface area contributed by atoms with Crippen molar-refractivity contribution in [1.82, 2.24) is 0 Å². The lowest BCUT2D eigenvalue weighted by Gasteiger charge is -2.19. The second-order valence-electron chi connectivity index (χ2n) is 6.12. The van der Waals surface area contributed by atoms with Crippen molar-refractivity contribution in [2.24, 2.45) is 0 Å². The van der Waals surface area contributed by atoms with Crippen molar-refractivity contribution in [3.63, 3.8) is 0 Å². The molecule has 2 rings (SSSR count). The predicted molar refractivity (Wildman–Crippen MR) is 118 cm³/mol. The molecule has 0 aliphatic heterocycles. The number of hydrogen-bond donors (Lipinski definition) is 1. The van der Waals surface area contributed by atoms with Gasteiger partial charge < -0.3 is 14.6 Å². The van der Waals surface area contributed by atoms with Crippen molar-refractivity contribution in [1.29, 1.82) is 0 Å². The number of aliphatic carboxylic acids is 1. The zero-order valence-electron chi connectivity index (χ0n) is 15.5. The van der Waals surface area contributed by atoms with E-state index in [0.717, 1.165) is 16.5 Å². The number of rotatable bonds is 8. The highest BCUT2D eigenvalue weighted by Gasteiger charge is 2.23. The number of hydrogen-bond acceptors (Lipinski definition) is 3. The maximum atomic E-state index is 11.1. The number of allylic oxidation sites excluding steroid dienone is 5. The minimum Gasteiger partial charge on any atom is -0.490 e. The second kappa shape index (κ2) is 11.3. The van der Waals surface area contributed by atoms with Crippen LogP contribution in [-0.2, 0) is 16.0 Å². The molecule has 0 fully saturated rings. The second-order valence-corrected chi connectivity index (χ2v) is 8.56. The van der Waals surface area contributed by atoms with E-state index in [1.807, 2.05) is 48.6 Å². The van der Waals surface area contributed by atoms with E-state index in [9.17, 15) is 4.79 Å². The molecule has 1 aliphatic rings. The Morgan fingerprint density at radius 1 is 1.39 bits per heavy atom. The van der Waals surface area contributed by atoms with E-state index in [1.165, 1.54) is 0 Å². The van der Waals surface area contributed by atoms with Gasteiger partial charge in [-0.15, -0.1) is 0 Å². The van der Waals surface area contributed by atoms with Crippen molar-refractivity contribution in [3.8, 4) is 17.6 Å². The van der Waals surface area contributed by atoms with Crippen molar-refractivity contribution >= 4 is 37.8 Å². The maximum absolute atomic E-state index is 11.1. The molecule has 6 heteroatoms. The van der Waals surface area contributed by atoms with Gasteiger partial charge in [-0.05, 0) is 41.3 Å². The van der Waals surface area contributed by atoms with Gasteiger partial charge in [0.15, 0.2) is 6.10 Å². The highest BCUT2D eigenvalue weighted by atomic mass is 79.9.